The Morgan fingerprint density at radius 1 is 1.67 bits per heavy atom. The summed E-state index contributed by atoms with van der Waals surface area (Å²) in [6.45, 7) is 0.462. The van der Waals surface area contributed by atoms with E-state index in [1.165, 1.54) is 0 Å². The summed E-state index contributed by atoms with van der Waals surface area (Å²) in [6, 6.07) is 3.65. The van der Waals surface area contributed by atoms with Crippen molar-refractivity contribution in [3.63, 3.8) is 0 Å². The number of nitrogens with two attached hydrogens (primary N) is 1. The van der Waals surface area contributed by atoms with Gasteiger partial charge in [-0.3, -0.25) is 4.79 Å². The highest BCUT2D eigenvalue weighted by atomic mass is 79.9. The zero-order chi connectivity index (χ0) is 11.1. The number of furan rings is 1. The maximum atomic E-state index is 11.8. The molecule has 82 valence electrons. The molecule has 1 aliphatic carbocycles. The van der Waals surface area contributed by atoms with Crippen LogP contribution in [0.1, 0.15) is 18.6 Å². The molecule has 5 heteroatoms. The van der Waals surface area contributed by atoms with Crippen molar-refractivity contribution >= 4 is 21.8 Å². The molecule has 1 fully saturated rings. The van der Waals surface area contributed by atoms with Crippen molar-refractivity contribution in [1.29, 1.82) is 0 Å². The van der Waals surface area contributed by atoms with E-state index in [-0.39, 0.29) is 5.91 Å². The molecule has 0 spiro atoms. The van der Waals surface area contributed by atoms with E-state index < -0.39 is 5.54 Å². The lowest BCUT2D eigenvalue weighted by Crippen LogP contribution is -2.43. The van der Waals surface area contributed by atoms with Gasteiger partial charge in [0.25, 0.3) is 0 Å². The number of nitrogens with zero attached hydrogens (tertiary/aromatic N) is 1. The summed E-state index contributed by atoms with van der Waals surface area (Å²) in [5.74, 6) is 0.747. The molecule has 0 atom stereocenters. The first-order valence-electron chi connectivity index (χ1n) is 4.80. The van der Waals surface area contributed by atoms with Crippen molar-refractivity contribution in [2.75, 3.05) is 7.05 Å². The first kappa shape index (κ1) is 10.7. The number of hydrogen-bond acceptors (Lipinski definition) is 3. The molecule has 2 N–H and O–H groups in total. The van der Waals surface area contributed by atoms with Gasteiger partial charge in [-0.1, -0.05) is 0 Å². The lowest BCUT2D eigenvalue weighted by Gasteiger charge is -2.19. The summed E-state index contributed by atoms with van der Waals surface area (Å²) in [5, 5.41) is 0. The molecule has 1 amide bonds. The summed E-state index contributed by atoms with van der Waals surface area (Å²) < 4.78 is 5.99. The lowest BCUT2D eigenvalue weighted by molar-refractivity contribution is -0.133. The number of halogens is 1. The minimum atomic E-state index is -0.599. The van der Waals surface area contributed by atoms with Gasteiger partial charge < -0.3 is 15.1 Å². The van der Waals surface area contributed by atoms with Crippen molar-refractivity contribution < 1.29 is 9.21 Å². The van der Waals surface area contributed by atoms with Gasteiger partial charge in [-0.25, -0.2) is 0 Å². The van der Waals surface area contributed by atoms with Gasteiger partial charge in [0, 0.05) is 7.05 Å². The fraction of sp³-hybridized carbons (Fsp3) is 0.500. The molecule has 0 aromatic carbocycles. The van der Waals surface area contributed by atoms with Gasteiger partial charge >= 0.3 is 0 Å². The average molecular weight is 273 g/mol. The van der Waals surface area contributed by atoms with Gasteiger partial charge in [-0.15, -0.1) is 0 Å². The molecule has 0 aliphatic heterocycles. The predicted octanol–water partition coefficient (Wildman–Crippen LogP) is 1.49. The predicted molar refractivity (Wildman–Crippen MR) is 59.0 cm³/mol. The highest BCUT2D eigenvalue weighted by Gasteiger charge is 2.47. The zero-order valence-electron chi connectivity index (χ0n) is 8.50. The van der Waals surface area contributed by atoms with Crippen LogP contribution in [0, 0.1) is 0 Å². The first-order chi connectivity index (χ1) is 7.01. The standard InChI is InChI=1S/C10H13BrN2O2/c1-13(9(14)10(12)4-5-10)6-7-2-3-8(11)15-7/h2-3H,4-6,12H2,1H3. The second-order valence-corrected chi connectivity index (χ2v) is 4.80. The Morgan fingerprint density at radius 3 is 2.80 bits per heavy atom. The smallest absolute Gasteiger partial charge is 0.242 e. The van der Waals surface area contributed by atoms with Crippen LogP contribution in [-0.4, -0.2) is 23.4 Å². The fourth-order valence-corrected chi connectivity index (χ4v) is 1.81. The molecule has 15 heavy (non-hydrogen) atoms. The largest absolute Gasteiger partial charge is 0.452 e. The number of carbonyl (C=O) groups excluding carboxylic acids is 1. The second-order valence-electron chi connectivity index (χ2n) is 4.02. The van der Waals surface area contributed by atoms with Crippen LogP contribution < -0.4 is 5.73 Å². The Kier molecular flexibility index (Phi) is 2.60. The van der Waals surface area contributed by atoms with Crippen molar-refractivity contribution in [2.24, 2.45) is 5.73 Å². The molecule has 1 aromatic heterocycles. The van der Waals surface area contributed by atoms with Gasteiger partial charge in [-0.2, -0.15) is 0 Å². The molecule has 0 unspecified atom stereocenters. The number of likely N-dealkylation sites (N-methyl/N-ethyl adjacent to an activating group) is 1. The van der Waals surface area contributed by atoms with E-state index in [2.05, 4.69) is 15.9 Å². The van der Waals surface area contributed by atoms with Crippen LogP contribution in [0.3, 0.4) is 0 Å². The van der Waals surface area contributed by atoms with Crippen LogP contribution in [-0.2, 0) is 11.3 Å². The molecule has 0 saturated heterocycles. The molecule has 0 bridgehead atoms. The molecular weight excluding hydrogens is 260 g/mol. The van der Waals surface area contributed by atoms with Crippen LogP contribution in [0.25, 0.3) is 0 Å². The molecule has 0 radical (unpaired) electrons. The molecule has 1 aliphatic rings. The average Bonchev–Trinajstić information content (AvgIpc) is 2.80. The Morgan fingerprint density at radius 2 is 2.33 bits per heavy atom. The highest BCUT2D eigenvalue weighted by Crippen LogP contribution is 2.34. The van der Waals surface area contributed by atoms with Crippen LogP contribution in [0.5, 0.6) is 0 Å². The van der Waals surface area contributed by atoms with Gasteiger partial charge in [-0.05, 0) is 40.9 Å². The number of rotatable bonds is 3. The van der Waals surface area contributed by atoms with E-state index in [4.69, 9.17) is 10.2 Å². The maximum Gasteiger partial charge on any atom is 0.242 e. The second kappa shape index (κ2) is 3.64. The van der Waals surface area contributed by atoms with E-state index in [1.54, 1.807) is 11.9 Å². The zero-order valence-corrected chi connectivity index (χ0v) is 10.1. The van der Waals surface area contributed by atoms with E-state index in [0.29, 0.717) is 11.2 Å². The van der Waals surface area contributed by atoms with Gasteiger partial charge in [0.15, 0.2) is 4.67 Å². The highest BCUT2D eigenvalue weighted by molar-refractivity contribution is 9.10. The number of carbonyl (C=O) groups is 1. The van der Waals surface area contributed by atoms with Crippen LogP contribution in [0.2, 0.25) is 0 Å². The van der Waals surface area contributed by atoms with Crippen LogP contribution in [0.15, 0.2) is 21.2 Å². The van der Waals surface area contributed by atoms with E-state index in [1.807, 2.05) is 12.1 Å². The summed E-state index contributed by atoms with van der Waals surface area (Å²) >= 11 is 3.22. The molecule has 1 aromatic rings. The quantitative estimate of drug-likeness (QED) is 0.907. The third-order valence-corrected chi connectivity index (χ3v) is 3.01. The monoisotopic (exact) mass is 272 g/mol. The Labute approximate surface area is 96.5 Å². The summed E-state index contributed by atoms with van der Waals surface area (Å²) in [6.07, 6.45) is 1.58. The number of amides is 1. The third kappa shape index (κ3) is 2.23. The van der Waals surface area contributed by atoms with Crippen molar-refractivity contribution in [3.05, 3.63) is 22.6 Å². The topological polar surface area (TPSA) is 59.5 Å². The Balaban J connectivity index is 1.97. The summed E-state index contributed by atoms with van der Waals surface area (Å²) in [5.41, 5.74) is 5.22. The van der Waals surface area contributed by atoms with E-state index in [9.17, 15) is 4.79 Å². The summed E-state index contributed by atoms with van der Waals surface area (Å²) in [4.78, 5) is 13.4. The fourth-order valence-electron chi connectivity index (χ4n) is 1.47. The molecule has 4 nitrogen and oxygen atoms in total. The minimum absolute atomic E-state index is 0.00461. The first-order valence-corrected chi connectivity index (χ1v) is 5.59. The van der Waals surface area contributed by atoms with Crippen molar-refractivity contribution in [1.82, 2.24) is 4.90 Å². The Hall–Kier alpha value is -0.810. The lowest BCUT2D eigenvalue weighted by atomic mass is 10.2. The van der Waals surface area contributed by atoms with Crippen LogP contribution in [0.4, 0.5) is 0 Å². The normalized spacial score (nSPS) is 17.5. The van der Waals surface area contributed by atoms with Crippen LogP contribution >= 0.6 is 15.9 Å². The van der Waals surface area contributed by atoms with E-state index in [0.717, 1.165) is 18.6 Å². The van der Waals surface area contributed by atoms with Gasteiger partial charge in [0.1, 0.15) is 5.76 Å². The van der Waals surface area contributed by atoms with E-state index >= 15 is 0 Å². The minimum Gasteiger partial charge on any atom is -0.452 e. The molecule has 1 heterocycles. The van der Waals surface area contributed by atoms with Crippen molar-refractivity contribution in [2.45, 2.75) is 24.9 Å². The molecular formula is C10H13BrN2O2. The Bertz CT molecular complexity index is 385. The summed E-state index contributed by atoms with van der Waals surface area (Å²) in [7, 11) is 1.74. The molecule has 1 saturated carbocycles. The number of hydrogen-bond donors (Lipinski definition) is 1. The SMILES string of the molecule is CN(Cc1ccc(Br)o1)C(=O)C1(N)CC1. The van der Waals surface area contributed by atoms with Gasteiger partial charge in [0.2, 0.25) is 5.91 Å². The maximum absolute atomic E-state index is 11.8. The molecule has 2 rings (SSSR count). The third-order valence-electron chi connectivity index (χ3n) is 2.58. The van der Waals surface area contributed by atoms with Gasteiger partial charge in [0.05, 0.1) is 12.1 Å². The van der Waals surface area contributed by atoms with Crippen molar-refractivity contribution in [3.8, 4) is 0 Å².